The first kappa shape index (κ1) is 19.2. The molecule has 0 heterocycles. The summed E-state index contributed by atoms with van der Waals surface area (Å²) in [6.07, 6.45) is 2.33. The molecule has 0 bridgehead atoms. The average molecular weight is 338 g/mol. The molecule has 0 saturated carbocycles. The molecule has 0 saturated heterocycles. The zero-order valence-electron chi connectivity index (χ0n) is 16.5. The lowest BCUT2D eigenvalue weighted by molar-refractivity contribution is -0.142. The van der Waals surface area contributed by atoms with E-state index in [0.29, 0.717) is 13.0 Å². The molecule has 134 valence electrons. The largest absolute Gasteiger partial charge is 0.466 e. The van der Waals surface area contributed by atoms with Gasteiger partial charge in [-0.2, -0.15) is 0 Å². The van der Waals surface area contributed by atoms with Gasteiger partial charge in [-0.3, -0.25) is 4.79 Å². The van der Waals surface area contributed by atoms with Gasteiger partial charge in [0.1, 0.15) is 0 Å². The second-order valence-corrected chi connectivity index (χ2v) is 6.62. The summed E-state index contributed by atoms with van der Waals surface area (Å²) in [6.45, 7) is 13.1. The molecule has 2 aromatic carbocycles. The third kappa shape index (κ3) is 3.95. The number of benzene rings is 2. The number of carbonyl (C=O) groups excluding carboxylic acids is 1. The van der Waals surface area contributed by atoms with Crippen LogP contribution in [0, 0.1) is 20.8 Å². The fourth-order valence-corrected chi connectivity index (χ4v) is 3.84. The Hall–Kier alpha value is -2.09. The summed E-state index contributed by atoms with van der Waals surface area (Å²) in [7, 11) is 0. The molecule has 2 heteroatoms. The predicted molar refractivity (Wildman–Crippen MR) is 105 cm³/mol. The fourth-order valence-electron chi connectivity index (χ4n) is 3.84. The van der Waals surface area contributed by atoms with Crippen molar-refractivity contribution in [2.45, 2.75) is 60.8 Å². The number of esters is 1. The highest BCUT2D eigenvalue weighted by Gasteiger charge is 2.21. The van der Waals surface area contributed by atoms with Crippen LogP contribution in [0.4, 0.5) is 0 Å². The second-order valence-electron chi connectivity index (χ2n) is 6.62. The van der Waals surface area contributed by atoms with Gasteiger partial charge in [0.15, 0.2) is 0 Å². The Balaban J connectivity index is 2.74. The van der Waals surface area contributed by atoms with Crippen molar-refractivity contribution >= 4 is 5.97 Å². The molecule has 0 unspecified atom stereocenters. The molecule has 0 spiro atoms. The standard InChI is InChI=1S/C23H30O2/c1-7-19-16(5)21(14-22(24)25-9-3)23(17(6)20(19)8-2)18-12-10-15(4)11-13-18/h10-13H,7-9,14H2,1-6H3. The Morgan fingerprint density at radius 2 is 1.40 bits per heavy atom. The monoisotopic (exact) mass is 338 g/mol. The van der Waals surface area contributed by atoms with Crippen molar-refractivity contribution in [1.82, 2.24) is 0 Å². The lowest BCUT2D eigenvalue weighted by Gasteiger charge is -2.23. The molecular formula is C23H30O2. The van der Waals surface area contributed by atoms with E-state index < -0.39 is 0 Å². The van der Waals surface area contributed by atoms with Crippen LogP contribution in [-0.2, 0) is 28.8 Å². The topological polar surface area (TPSA) is 26.3 Å². The molecule has 2 rings (SSSR count). The van der Waals surface area contributed by atoms with Gasteiger partial charge in [0.25, 0.3) is 0 Å². The number of hydrogen-bond acceptors (Lipinski definition) is 2. The number of aryl methyl sites for hydroxylation is 1. The van der Waals surface area contributed by atoms with Gasteiger partial charge in [-0.1, -0.05) is 43.7 Å². The normalized spacial score (nSPS) is 10.8. The Morgan fingerprint density at radius 1 is 0.840 bits per heavy atom. The van der Waals surface area contributed by atoms with Crippen LogP contribution in [0.25, 0.3) is 11.1 Å². The smallest absolute Gasteiger partial charge is 0.310 e. The molecule has 0 amide bonds. The van der Waals surface area contributed by atoms with Crippen LogP contribution in [0.3, 0.4) is 0 Å². The Morgan fingerprint density at radius 3 is 1.92 bits per heavy atom. The molecule has 0 radical (unpaired) electrons. The van der Waals surface area contributed by atoms with Crippen LogP contribution in [0.1, 0.15) is 54.2 Å². The molecule has 25 heavy (non-hydrogen) atoms. The fraction of sp³-hybridized carbons (Fsp3) is 0.435. The van der Waals surface area contributed by atoms with Gasteiger partial charge < -0.3 is 4.74 Å². The molecule has 0 aliphatic rings. The maximum atomic E-state index is 12.2. The molecule has 0 aliphatic heterocycles. The van der Waals surface area contributed by atoms with Crippen LogP contribution in [-0.4, -0.2) is 12.6 Å². The second kappa shape index (κ2) is 8.33. The van der Waals surface area contributed by atoms with Crippen molar-refractivity contribution in [3.05, 3.63) is 57.6 Å². The van der Waals surface area contributed by atoms with Gasteiger partial charge in [0.2, 0.25) is 0 Å². The molecule has 0 aliphatic carbocycles. The van der Waals surface area contributed by atoms with Crippen molar-refractivity contribution < 1.29 is 9.53 Å². The molecule has 2 aromatic rings. The Kier molecular flexibility index (Phi) is 6.41. The molecule has 2 nitrogen and oxygen atoms in total. The first-order valence-electron chi connectivity index (χ1n) is 9.30. The minimum Gasteiger partial charge on any atom is -0.466 e. The zero-order valence-corrected chi connectivity index (χ0v) is 16.5. The van der Waals surface area contributed by atoms with E-state index in [4.69, 9.17) is 4.74 Å². The highest BCUT2D eigenvalue weighted by Crippen LogP contribution is 2.36. The number of ether oxygens (including phenoxy) is 1. The van der Waals surface area contributed by atoms with Gasteiger partial charge in [0.05, 0.1) is 13.0 Å². The molecule has 0 atom stereocenters. The highest BCUT2D eigenvalue weighted by molar-refractivity contribution is 5.82. The van der Waals surface area contributed by atoms with Crippen molar-refractivity contribution in [2.75, 3.05) is 6.61 Å². The lowest BCUT2D eigenvalue weighted by atomic mass is 9.82. The van der Waals surface area contributed by atoms with E-state index >= 15 is 0 Å². The van der Waals surface area contributed by atoms with Crippen molar-refractivity contribution in [1.29, 1.82) is 0 Å². The van der Waals surface area contributed by atoms with Crippen LogP contribution in [0.2, 0.25) is 0 Å². The van der Waals surface area contributed by atoms with Crippen LogP contribution >= 0.6 is 0 Å². The van der Waals surface area contributed by atoms with Gasteiger partial charge >= 0.3 is 5.97 Å². The van der Waals surface area contributed by atoms with Crippen LogP contribution in [0.5, 0.6) is 0 Å². The van der Waals surface area contributed by atoms with Crippen molar-refractivity contribution in [3.63, 3.8) is 0 Å². The van der Waals surface area contributed by atoms with E-state index in [1.165, 1.54) is 38.9 Å². The average Bonchev–Trinajstić information content (AvgIpc) is 2.59. The van der Waals surface area contributed by atoms with E-state index in [-0.39, 0.29) is 5.97 Å². The number of rotatable bonds is 6. The highest BCUT2D eigenvalue weighted by atomic mass is 16.5. The summed E-state index contributed by atoms with van der Waals surface area (Å²) in [4.78, 5) is 12.2. The third-order valence-corrected chi connectivity index (χ3v) is 5.07. The van der Waals surface area contributed by atoms with E-state index in [1.54, 1.807) is 0 Å². The number of carbonyl (C=O) groups is 1. The van der Waals surface area contributed by atoms with E-state index in [1.807, 2.05) is 6.92 Å². The summed E-state index contributed by atoms with van der Waals surface area (Å²) in [5, 5.41) is 0. The van der Waals surface area contributed by atoms with Gasteiger partial charge in [-0.25, -0.2) is 0 Å². The van der Waals surface area contributed by atoms with E-state index in [0.717, 1.165) is 18.4 Å². The maximum Gasteiger partial charge on any atom is 0.310 e. The molecule has 0 N–H and O–H groups in total. The zero-order chi connectivity index (χ0) is 18.6. The van der Waals surface area contributed by atoms with Gasteiger partial charge in [0, 0.05) is 0 Å². The lowest BCUT2D eigenvalue weighted by Crippen LogP contribution is -2.13. The summed E-state index contributed by atoms with van der Waals surface area (Å²) in [5.41, 5.74) is 10.1. The quantitative estimate of drug-likeness (QED) is 0.649. The summed E-state index contributed by atoms with van der Waals surface area (Å²) < 4.78 is 5.24. The minimum atomic E-state index is -0.148. The van der Waals surface area contributed by atoms with Crippen molar-refractivity contribution in [2.24, 2.45) is 0 Å². The molecule has 0 fully saturated rings. The summed E-state index contributed by atoms with van der Waals surface area (Å²) in [6, 6.07) is 8.60. The summed E-state index contributed by atoms with van der Waals surface area (Å²) >= 11 is 0. The minimum absolute atomic E-state index is 0.148. The Labute approximate surface area is 152 Å². The van der Waals surface area contributed by atoms with Crippen LogP contribution < -0.4 is 0 Å². The first-order chi connectivity index (χ1) is 11.9. The van der Waals surface area contributed by atoms with Gasteiger partial charge in [-0.05, 0) is 79.5 Å². The number of hydrogen-bond donors (Lipinski definition) is 0. The SMILES string of the molecule is CCOC(=O)Cc1c(C)c(CC)c(CC)c(C)c1-c1ccc(C)cc1. The summed E-state index contributed by atoms with van der Waals surface area (Å²) in [5.74, 6) is -0.148. The van der Waals surface area contributed by atoms with Gasteiger partial charge in [-0.15, -0.1) is 0 Å². The molecule has 0 aromatic heterocycles. The van der Waals surface area contributed by atoms with Crippen molar-refractivity contribution in [3.8, 4) is 11.1 Å². The third-order valence-electron chi connectivity index (χ3n) is 5.07. The Bertz CT molecular complexity index is 755. The first-order valence-corrected chi connectivity index (χ1v) is 9.30. The molecular weight excluding hydrogens is 308 g/mol. The van der Waals surface area contributed by atoms with Crippen LogP contribution in [0.15, 0.2) is 24.3 Å². The van der Waals surface area contributed by atoms with E-state index in [9.17, 15) is 4.79 Å². The van der Waals surface area contributed by atoms with E-state index in [2.05, 4.69) is 58.9 Å². The predicted octanol–water partition coefficient (Wildman–Crippen LogP) is 5.51. The maximum absolute atomic E-state index is 12.2.